The molecule has 1 rings (SSSR count). The summed E-state index contributed by atoms with van der Waals surface area (Å²) in [5.74, 6) is 0. The molecular weight excluding hydrogens is 328 g/mol. The van der Waals surface area contributed by atoms with E-state index in [2.05, 4.69) is 27.2 Å². The van der Waals surface area contributed by atoms with Crippen LogP contribution in [-0.4, -0.2) is 14.5 Å². The van der Waals surface area contributed by atoms with Crippen LogP contribution in [0.5, 0.6) is 0 Å². The molecule has 0 heterocycles. The largest absolute Gasteiger partial charge is 0.398 e. The molecule has 0 aliphatic rings. The van der Waals surface area contributed by atoms with E-state index >= 15 is 0 Å². The highest BCUT2D eigenvalue weighted by atomic mass is 79.9. The van der Waals surface area contributed by atoms with Gasteiger partial charge in [-0.05, 0) is 35.0 Å². The highest BCUT2D eigenvalue weighted by Crippen LogP contribution is 2.31. The SMILES string of the molecule is C=CC(C)NS(=O)(=O)c1cc(Cl)cc(N)c1Br. The zero-order chi connectivity index (χ0) is 13.2. The van der Waals surface area contributed by atoms with Gasteiger partial charge in [-0.15, -0.1) is 6.58 Å². The van der Waals surface area contributed by atoms with Gasteiger partial charge in [-0.3, -0.25) is 0 Å². The Morgan fingerprint density at radius 1 is 1.59 bits per heavy atom. The quantitative estimate of drug-likeness (QED) is 0.654. The fourth-order valence-electron chi connectivity index (χ4n) is 1.14. The van der Waals surface area contributed by atoms with Crippen molar-refractivity contribution in [3.63, 3.8) is 0 Å². The first-order chi connectivity index (χ1) is 7.77. The van der Waals surface area contributed by atoms with Crippen LogP contribution < -0.4 is 10.5 Å². The molecule has 3 N–H and O–H groups in total. The topological polar surface area (TPSA) is 72.2 Å². The van der Waals surface area contributed by atoms with E-state index in [0.29, 0.717) is 4.47 Å². The van der Waals surface area contributed by atoms with Gasteiger partial charge in [-0.2, -0.15) is 0 Å². The maximum Gasteiger partial charge on any atom is 0.242 e. The van der Waals surface area contributed by atoms with Crippen molar-refractivity contribution in [3.05, 3.63) is 34.3 Å². The summed E-state index contributed by atoms with van der Waals surface area (Å²) in [4.78, 5) is 0.0104. The third-order valence-corrected chi connectivity index (χ3v) is 4.97. The molecule has 0 saturated heterocycles. The number of anilines is 1. The molecule has 0 aliphatic carbocycles. The van der Waals surface area contributed by atoms with Gasteiger partial charge in [0, 0.05) is 16.8 Å². The summed E-state index contributed by atoms with van der Waals surface area (Å²) < 4.78 is 26.8. The van der Waals surface area contributed by atoms with Crippen LogP contribution in [0.3, 0.4) is 0 Å². The molecule has 7 heteroatoms. The number of nitrogen functional groups attached to an aromatic ring is 1. The number of nitrogens with one attached hydrogen (secondary N) is 1. The Labute approximate surface area is 114 Å². The van der Waals surface area contributed by atoms with E-state index in [9.17, 15) is 8.42 Å². The van der Waals surface area contributed by atoms with Gasteiger partial charge in [-0.25, -0.2) is 13.1 Å². The van der Waals surface area contributed by atoms with Crippen LogP contribution in [0.15, 0.2) is 34.2 Å². The fraction of sp³-hybridized carbons (Fsp3) is 0.200. The first-order valence-electron chi connectivity index (χ1n) is 4.67. The van der Waals surface area contributed by atoms with Crippen LogP contribution in [0.25, 0.3) is 0 Å². The summed E-state index contributed by atoms with van der Waals surface area (Å²) in [5.41, 5.74) is 5.91. The van der Waals surface area contributed by atoms with Gasteiger partial charge >= 0.3 is 0 Å². The standard InChI is InChI=1S/C10H12BrClN2O2S/c1-3-6(2)14-17(15,16)9-5-7(12)4-8(13)10(9)11/h3-6,14H,1,13H2,2H3. The molecule has 1 aromatic carbocycles. The van der Waals surface area contributed by atoms with Crippen molar-refractivity contribution >= 4 is 43.2 Å². The summed E-state index contributed by atoms with van der Waals surface area (Å²) in [6, 6.07) is 2.42. The number of sulfonamides is 1. The van der Waals surface area contributed by atoms with Gasteiger partial charge in [-0.1, -0.05) is 17.7 Å². The predicted molar refractivity (Wildman–Crippen MR) is 73.5 cm³/mol. The van der Waals surface area contributed by atoms with E-state index in [-0.39, 0.29) is 21.6 Å². The second-order valence-electron chi connectivity index (χ2n) is 3.45. The monoisotopic (exact) mass is 338 g/mol. The number of halogens is 2. The molecule has 94 valence electrons. The third-order valence-electron chi connectivity index (χ3n) is 2.02. The molecule has 0 spiro atoms. The smallest absolute Gasteiger partial charge is 0.242 e. The molecule has 1 aromatic rings. The maximum atomic E-state index is 12.0. The minimum absolute atomic E-state index is 0.0104. The lowest BCUT2D eigenvalue weighted by atomic mass is 10.3. The highest BCUT2D eigenvalue weighted by Gasteiger charge is 2.21. The summed E-state index contributed by atoms with van der Waals surface area (Å²) >= 11 is 8.92. The first-order valence-corrected chi connectivity index (χ1v) is 7.32. The first kappa shape index (κ1) is 14.5. The minimum atomic E-state index is -3.68. The van der Waals surface area contributed by atoms with Gasteiger partial charge < -0.3 is 5.73 Å². The van der Waals surface area contributed by atoms with E-state index in [4.69, 9.17) is 17.3 Å². The lowest BCUT2D eigenvalue weighted by molar-refractivity contribution is 0.576. The molecule has 1 unspecified atom stereocenters. The van der Waals surface area contributed by atoms with E-state index in [1.165, 1.54) is 18.2 Å². The predicted octanol–water partition coefficient (Wildman–Crippen LogP) is 2.54. The Hall–Kier alpha value is -0.560. The van der Waals surface area contributed by atoms with Crippen molar-refractivity contribution in [2.75, 3.05) is 5.73 Å². The number of benzene rings is 1. The molecule has 1 atom stereocenters. The van der Waals surface area contributed by atoms with Crippen molar-refractivity contribution in [2.24, 2.45) is 0 Å². The Bertz CT molecular complexity index is 545. The van der Waals surface area contributed by atoms with Crippen molar-refractivity contribution in [3.8, 4) is 0 Å². The van der Waals surface area contributed by atoms with Gasteiger partial charge in [0.2, 0.25) is 10.0 Å². The van der Waals surface area contributed by atoms with Crippen molar-refractivity contribution in [1.82, 2.24) is 4.72 Å². The van der Waals surface area contributed by atoms with E-state index in [1.54, 1.807) is 6.92 Å². The molecule has 0 amide bonds. The average Bonchev–Trinajstić information content (AvgIpc) is 2.22. The number of rotatable bonds is 4. The molecule has 0 fully saturated rings. The van der Waals surface area contributed by atoms with Crippen molar-refractivity contribution in [1.29, 1.82) is 0 Å². The second-order valence-corrected chi connectivity index (χ2v) is 6.36. The van der Waals surface area contributed by atoms with Crippen molar-refractivity contribution in [2.45, 2.75) is 17.9 Å². The van der Waals surface area contributed by atoms with Crippen LogP contribution in [0, 0.1) is 0 Å². The van der Waals surface area contributed by atoms with Gasteiger partial charge in [0.1, 0.15) is 0 Å². The van der Waals surface area contributed by atoms with E-state index in [0.717, 1.165) is 0 Å². The van der Waals surface area contributed by atoms with Crippen LogP contribution >= 0.6 is 27.5 Å². The fourth-order valence-corrected chi connectivity index (χ4v) is 3.64. The van der Waals surface area contributed by atoms with E-state index in [1.807, 2.05) is 0 Å². The summed E-state index contributed by atoms with van der Waals surface area (Å²) in [6.45, 7) is 5.18. The van der Waals surface area contributed by atoms with Gasteiger partial charge in [0.05, 0.1) is 9.37 Å². The Balaban J connectivity index is 3.29. The summed E-state index contributed by atoms with van der Waals surface area (Å²) in [6.07, 6.45) is 1.49. The third kappa shape index (κ3) is 3.45. The molecule has 0 bridgehead atoms. The van der Waals surface area contributed by atoms with Gasteiger partial charge in [0.15, 0.2) is 0 Å². The zero-order valence-corrected chi connectivity index (χ0v) is 12.2. The van der Waals surface area contributed by atoms with Crippen LogP contribution in [-0.2, 0) is 10.0 Å². The average molecular weight is 340 g/mol. The molecule has 4 nitrogen and oxygen atoms in total. The molecule has 0 radical (unpaired) electrons. The zero-order valence-electron chi connectivity index (χ0n) is 9.07. The van der Waals surface area contributed by atoms with Crippen molar-refractivity contribution < 1.29 is 8.42 Å². The van der Waals surface area contributed by atoms with Crippen LogP contribution in [0.1, 0.15) is 6.92 Å². The number of hydrogen-bond donors (Lipinski definition) is 2. The lowest BCUT2D eigenvalue weighted by Gasteiger charge is -2.13. The van der Waals surface area contributed by atoms with E-state index < -0.39 is 10.0 Å². The van der Waals surface area contributed by atoms with Crippen LogP contribution in [0.4, 0.5) is 5.69 Å². The molecule has 17 heavy (non-hydrogen) atoms. The minimum Gasteiger partial charge on any atom is -0.398 e. The lowest BCUT2D eigenvalue weighted by Crippen LogP contribution is -2.31. The summed E-state index contributed by atoms with van der Waals surface area (Å²) in [5, 5.41) is 0.261. The Morgan fingerprint density at radius 2 is 2.18 bits per heavy atom. The molecular formula is C10H12BrClN2O2S. The second kappa shape index (κ2) is 5.39. The number of hydrogen-bond acceptors (Lipinski definition) is 3. The molecule has 0 aromatic heterocycles. The van der Waals surface area contributed by atoms with Crippen LogP contribution in [0.2, 0.25) is 5.02 Å². The maximum absolute atomic E-state index is 12.0. The Morgan fingerprint density at radius 3 is 2.71 bits per heavy atom. The summed E-state index contributed by atoms with van der Waals surface area (Å²) in [7, 11) is -3.68. The molecule has 0 aliphatic heterocycles. The highest BCUT2D eigenvalue weighted by molar-refractivity contribution is 9.10. The molecule has 0 saturated carbocycles. The normalized spacial score (nSPS) is 13.4. The Kier molecular flexibility index (Phi) is 4.60. The number of nitrogens with two attached hydrogens (primary N) is 1. The van der Waals surface area contributed by atoms with Gasteiger partial charge in [0.25, 0.3) is 0 Å².